The first-order valence-electron chi connectivity index (χ1n) is 8.36. The highest BCUT2D eigenvalue weighted by Gasteiger charge is 2.06. The van der Waals surface area contributed by atoms with Crippen molar-refractivity contribution < 1.29 is 9.59 Å². The fraction of sp³-hybridized carbons (Fsp3) is 0.0476. The highest BCUT2D eigenvalue weighted by Crippen LogP contribution is 2.16. The summed E-state index contributed by atoms with van der Waals surface area (Å²) in [7, 11) is 0. The van der Waals surface area contributed by atoms with Crippen molar-refractivity contribution in [1.82, 2.24) is 0 Å². The van der Waals surface area contributed by atoms with E-state index in [0.29, 0.717) is 28.5 Å². The average molecular weight is 380 g/mol. The summed E-state index contributed by atoms with van der Waals surface area (Å²) in [6.45, 7) is 0. The molecule has 0 aliphatic heterocycles. The molecule has 0 spiro atoms. The zero-order valence-corrected chi connectivity index (χ0v) is 15.2. The molecule has 5 nitrogen and oxygen atoms in total. The van der Waals surface area contributed by atoms with Gasteiger partial charge in [0.25, 0.3) is 0 Å². The van der Waals surface area contributed by atoms with E-state index >= 15 is 0 Å². The summed E-state index contributed by atoms with van der Waals surface area (Å²) in [5.41, 5.74) is 2.87. The number of hydrogen-bond donors (Lipinski definition) is 3. The number of amides is 3. The van der Waals surface area contributed by atoms with Gasteiger partial charge in [-0.3, -0.25) is 4.79 Å². The number of carbonyl (C=O) groups excluding carboxylic acids is 2. The second-order valence-electron chi connectivity index (χ2n) is 5.87. The van der Waals surface area contributed by atoms with Gasteiger partial charge in [0, 0.05) is 22.1 Å². The van der Waals surface area contributed by atoms with E-state index < -0.39 is 0 Å². The van der Waals surface area contributed by atoms with Crippen LogP contribution in [0.2, 0.25) is 5.02 Å². The standard InChI is InChI=1S/C21H18ClN3O2/c22-16-6-8-18(9-7-16)24-21(27)25-19-12-10-17(11-13-19)23-20(26)14-15-4-2-1-3-5-15/h1-13H,14H2,(H,23,26)(H2,24,25,27). The molecule has 0 saturated heterocycles. The molecular formula is C21H18ClN3O2. The Morgan fingerprint density at radius 3 is 1.70 bits per heavy atom. The molecule has 27 heavy (non-hydrogen) atoms. The van der Waals surface area contributed by atoms with E-state index in [1.54, 1.807) is 48.5 Å². The Labute approximate surface area is 162 Å². The van der Waals surface area contributed by atoms with Crippen molar-refractivity contribution in [2.24, 2.45) is 0 Å². The maximum atomic E-state index is 12.1. The van der Waals surface area contributed by atoms with Crippen LogP contribution in [0.5, 0.6) is 0 Å². The van der Waals surface area contributed by atoms with E-state index in [2.05, 4.69) is 16.0 Å². The molecule has 3 N–H and O–H groups in total. The molecule has 0 atom stereocenters. The number of benzene rings is 3. The van der Waals surface area contributed by atoms with Crippen LogP contribution >= 0.6 is 11.6 Å². The lowest BCUT2D eigenvalue weighted by atomic mass is 10.1. The monoisotopic (exact) mass is 379 g/mol. The minimum absolute atomic E-state index is 0.0950. The predicted molar refractivity (Wildman–Crippen MR) is 109 cm³/mol. The first-order chi connectivity index (χ1) is 13.1. The third-order valence-electron chi connectivity index (χ3n) is 3.74. The molecule has 0 fully saturated rings. The lowest BCUT2D eigenvalue weighted by Gasteiger charge is -2.09. The maximum absolute atomic E-state index is 12.1. The van der Waals surface area contributed by atoms with Crippen molar-refractivity contribution in [1.29, 1.82) is 0 Å². The quantitative estimate of drug-likeness (QED) is 0.572. The van der Waals surface area contributed by atoms with Gasteiger partial charge in [-0.05, 0) is 54.1 Å². The molecule has 0 radical (unpaired) electrons. The second kappa shape index (κ2) is 8.87. The fourth-order valence-electron chi connectivity index (χ4n) is 2.45. The molecule has 6 heteroatoms. The third-order valence-corrected chi connectivity index (χ3v) is 3.99. The average Bonchev–Trinajstić information content (AvgIpc) is 2.66. The molecule has 136 valence electrons. The molecule has 0 saturated carbocycles. The zero-order chi connectivity index (χ0) is 19.1. The highest BCUT2D eigenvalue weighted by molar-refractivity contribution is 6.30. The summed E-state index contributed by atoms with van der Waals surface area (Å²) >= 11 is 5.82. The second-order valence-corrected chi connectivity index (χ2v) is 6.31. The fourth-order valence-corrected chi connectivity index (χ4v) is 2.58. The summed E-state index contributed by atoms with van der Waals surface area (Å²) in [6.07, 6.45) is 0.310. The molecule has 3 aromatic rings. The van der Waals surface area contributed by atoms with Gasteiger partial charge < -0.3 is 16.0 Å². The topological polar surface area (TPSA) is 70.2 Å². The van der Waals surface area contributed by atoms with E-state index in [1.807, 2.05) is 30.3 Å². The minimum atomic E-state index is -0.363. The first kappa shape index (κ1) is 18.5. The Hall–Kier alpha value is -3.31. The first-order valence-corrected chi connectivity index (χ1v) is 8.74. The van der Waals surface area contributed by atoms with Gasteiger partial charge in [-0.25, -0.2) is 4.79 Å². The van der Waals surface area contributed by atoms with Crippen LogP contribution in [-0.4, -0.2) is 11.9 Å². The molecule has 0 heterocycles. The van der Waals surface area contributed by atoms with Crippen molar-refractivity contribution in [2.45, 2.75) is 6.42 Å². The number of anilines is 3. The van der Waals surface area contributed by atoms with Crippen LogP contribution in [0.25, 0.3) is 0 Å². The summed E-state index contributed by atoms with van der Waals surface area (Å²) < 4.78 is 0. The van der Waals surface area contributed by atoms with Crippen LogP contribution < -0.4 is 16.0 Å². The minimum Gasteiger partial charge on any atom is -0.326 e. The SMILES string of the molecule is O=C(Cc1ccccc1)Nc1ccc(NC(=O)Nc2ccc(Cl)cc2)cc1. The van der Waals surface area contributed by atoms with Crippen molar-refractivity contribution >= 4 is 40.6 Å². The van der Waals surface area contributed by atoms with Gasteiger partial charge >= 0.3 is 6.03 Å². The van der Waals surface area contributed by atoms with E-state index in [-0.39, 0.29) is 11.9 Å². The Balaban J connectivity index is 1.51. The molecule has 0 aromatic heterocycles. The zero-order valence-electron chi connectivity index (χ0n) is 14.4. The lowest BCUT2D eigenvalue weighted by Crippen LogP contribution is -2.19. The van der Waals surface area contributed by atoms with Crippen molar-refractivity contribution in [3.63, 3.8) is 0 Å². The van der Waals surface area contributed by atoms with Crippen LogP contribution in [0.4, 0.5) is 21.9 Å². The third kappa shape index (κ3) is 5.87. The number of hydrogen-bond acceptors (Lipinski definition) is 2. The summed E-state index contributed by atoms with van der Waals surface area (Å²) in [6, 6.07) is 22.9. The summed E-state index contributed by atoms with van der Waals surface area (Å²) in [5.74, 6) is -0.0950. The Morgan fingerprint density at radius 2 is 1.15 bits per heavy atom. The van der Waals surface area contributed by atoms with Gasteiger partial charge in [0.1, 0.15) is 0 Å². The smallest absolute Gasteiger partial charge is 0.323 e. The number of nitrogens with one attached hydrogen (secondary N) is 3. The molecule has 0 aliphatic rings. The van der Waals surface area contributed by atoms with Crippen LogP contribution in [-0.2, 0) is 11.2 Å². The highest BCUT2D eigenvalue weighted by atomic mass is 35.5. The molecule has 0 bridgehead atoms. The molecule has 0 aliphatic carbocycles. The molecule has 3 aromatic carbocycles. The molecule has 3 amide bonds. The van der Waals surface area contributed by atoms with Crippen LogP contribution in [0.3, 0.4) is 0 Å². The van der Waals surface area contributed by atoms with Gasteiger partial charge in [0.2, 0.25) is 5.91 Å². The van der Waals surface area contributed by atoms with Gasteiger partial charge in [0.15, 0.2) is 0 Å². The van der Waals surface area contributed by atoms with Crippen LogP contribution in [0.1, 0.15) is 5.56 Å². The van der Waals surface area contributed by atoms with Crippen LogP contribution in [0, 0.1) is 0 Å². The predicted octanol–water partition coefficient (Wildman–Crippen LogP) is 5.17. The Morgan fingerprint density at radius 1 is 0.667 bits per heavy atom. The maximum Gasteiger partial charge on any atom is 0.323 e. The largest absolute Gasteiger partial charge is 0.326 e. The van der Waals surface area contributed by atoms with E-state index in [0.717, 1.165) is 5.56 Å². The number of urea groups is 1. The van der Waals surface area contributed by atoms with Crippen LogP contribution in [0.15, 0.2) is 78.9 Å². The molecule has 0 unspecified atom stereocenters. The van der Waals surface area contributed by atoms with E-state index in [9.17, 15) is 9.59 Å². The van der Waals surface area contributed by atoms with Crippen molar-refractivity contribution in [2.75, 3.05) is 16.0 Å². The number of carbonyl (C=O) groups is 2. The van der Waals surface area contributed by atoms with E-state index in [1.165, 1.54) is 0 Å². The Kier molecular flexibility index (Phi) is 6.07. The normalized spacial score (nSPS) is 10.1. The Bertz CT molecular complexity index is 910. The van der Waals surface area contributed by atoms with Crippen molar-refractivity contribution in [3.8, 4) is 0 Å². The van der Waals surface area contributed by atoms with Gasteiger partial charge in [-0.2, -0.15) is 0 Å². The van der Waals surface area contributed by atoms with Gasteiger partial charge in [-0.1, -0.05) is 41.9 Å². The van der Waals surface area contributed by atoms with E-state index in [4.69, 9.17) is 11.6 Å². The van der Waals surface area contributed by atoms with Gasteiger partial charge in [-0.15, -0.1) is 0 Å². The number of halogens is 1. The van der Waals surface area contributed by atoms with Gasteiger partial charge in [0.05, 0.1) is 6.42 Å². The number of rotatable bonds is 5. The summed E-state index contributed by atoms with van der Waals surface area (Å²) in [5, 5.41) is 8.88. The summed E-state index contributed by atoms with van der Waals surface area (Å²) in [4.78, 5) is 24.1. The van der Waals surface area contributed by atoms with Crippen molar-refractivity contribution in [3.05, 3.63) is 89.4 Å². The molecular weight excluding hydrogens is 362 g/mol. The lowest BCUT2D eigenvalue weighted by molar-refractivity contribution is -0.115. The molecule has 3 rings (SSSR count).